The molecule has 1 aromatic heterocycles. The Bertz CT molecular complexity index is 1030. The van der Waals surface area contributed by atoms with E-state index in [1.54, 1.807) is 5.48 Å². The third-order valence-electron chi connectivity index (χ3n) is 6.33. The van der Waals surface area contributed by atoms with Gasteiger partial charge in [0, 0.05) is 38.6 Å². The number of carbonyl (C=O) groups excluding carboxylic acids is 1. The number of piperazine rings is 1. The van der Waals surface area contributed by atoms with E-state index >= 15 is 0 Å². The number of nitrogens with zero attached hydrogens (tertiary/aromatic N) is 4. The molecule has 0 radical (unpaired) electrons. The van der Waals surface area contributed by atoms with E-state index in [4.69, 9.17) is 5.21 Å². The maximum Gasteiger partial charge on any atom is 0.277 e. The predicted octanol–water partition coefficient (Wildman–Crippen LogP) is 2.61. The molecule has 31 heavy (non-hydrogen) atoms. The van der Waals surface area contributed by atoms with Crippen molar-refractivity contribution in [1.29, 1.82) is 0 Å². The van der Waals surface area contributed by atoms with E-state index in [1.165, 1.54) is 34.6 Å². The van der Waals surface area contributed by atoms with Crippen molar-refractivity contribution in [2.24, 2.45) is 0 Å². The summed E-state index contributed by atoms with van der Waals surface area (Å²) in [6.45, 7) is 3.42. The SMILES string of the molecule is O=C(NO)c1cnc(N2CCN(C3c4ccccc4CCc4ccccc43)CC2)nc1. The van der Waals surface area contributed by atoms with E-state index in [0.717, 1.165) is 39.0 Å². The Morgan fingerprint density at radius 2 is 1.42 bits per heavy atom. The molecule has 3 aromatic rings. The lowest BCUT2D eigenvalue weighted by molar-refractivity contribution is 0.0705. The number of nitrogens with one attached hydrogen (secondary N) is 1. The zero-order chi connectivity index (χ0) is 21.2. The van der Waals surface area contributed by atoms with Crippen molar-refractivity contribution in [2.45, 2.75) is 18.9 Å². The van der Waals surface area contributed by atoms with Crippen LogP contribution < -0.4 is 10.4 Å². The second kappa shape index (κ2) is 8.45. The molecule has 7 nitrogen and oxygen atoms in total. The van der Waals surface area contributed by atoms with Crippen LogP contribution in [0.5, 0.6) is 0 Å². The van der Waals surface area contributed by atoms with Crippen LogP contribution >= 0.6 is 0 Å². The molecular weight excluding hydrogens is 390 g/mol. The molecule has 0 atom stereocenters. The zero-order valence-corrected chi connectivity index (χ0v) is 17.2. The fourth-order valence-electron chi connectivity index (χ4n) is 4.73. The molecule has 5 rings (SSSR count). The molecule has 1 aliphatic carbocycles. The second-order valence-corrected chi connectivity index (χ2v) is 8.04. The van der Waals surface area contributed by atoms with Gasteiger partial charge >= 0.3 is 0 Å². The number of hydroxylamine groups is 1. The summed E-state index contributed by atoms with van der Waals surface area (Å²) >= 11 is 0. The van der Waals surface area contributed by atoms with Gasteiger partial charge < -0.3 is 4.90 Å². The molecule has 2 N–H and O–H groups in total. The minimum atomic E-state index is -0.609. The highest BCUT2D eigenvalue weighted by atomic mass is 16.5. The van der Waals surface area contributed by atoms with Crippen LogP contribution in [0.25, 0.3) is 0 Å². The van der Waals surface area contributed by atoms with Gasteiger partial charge in [-0.1, -0.05) is 48.5 Å². The highest BCUT2D eigenvalue weighted by Crippen LogP contribution is 2.37. The van der Waals surface area contributed by atoms with Crippen molar-refractivity contribution >= 4 is 11.9 Å². The van der Waals surface area contributed by atoms with Crippen molar-refractivity contribution < 1.29 is 10.0 Å². The van der Waals surface area contributed by atoms with Crippen molar-refractivity contribution in [1.82, 2.24) is 20.3 Å². The molecule has 7 heteroatoms. The summed E-state index contributed by atoms with van der Waals surface area (Å²) in [6, 6.07) is 17.9. The monoisotopic (exact) mass is 415 g/mol. The number of hydrogen-bond acceptors (Lipinski definition) is 6. The Kier molecular flexibility index (Phi) is 5.36. The number of fused-ring (bicyclic) bond motifs is 2. The number of benzene rings is 2. The topological polar surface area (TPSA) is 81.6 Å². The first-order chi connectivity index (χ1) is 15.2. The number of amides is 1. The van der Waals surface area contributed by atoms with E-state index in [-0.39, 0.29) is 11.6 Å². The summed E-state index contributed by atoms with van der Waals surface area (Å²) in [7, 11) is 0. The Morgan fingerprint density at radius 1 is 0.871 bits per heavy atom. The third-order valence-corrected chi connectivity index (χ3v) is 6.33. The van der Waals surface area contributed by atoms with E-state index in [1.807, 2.05) is 0 Å². The van der Waals surface area contributed by atoms with Gasteiger partial charge in [-0.2, -0.15) is 0 Å². The van der Waals surface area contributed by atoms with Crippen LogP contribution in [-0.4, -0.2) is 52.2 Å². The first-order valence-electron chi connectivity index (χ1n) is 10.7. The molecule has 1 aliphatic heterocycles. The Balaban J connectivity index is 1.38. The number of hydrogen-bond donors (Lipinski definition) is 2. The zero-order valence-electron chi connectivity index (χ0n) is 17.2. The number of carbonyl (C=O) groups is 1. The van der Waals surface area contributed by atoms with Crippen LogP contribution in [0.3, 0.4) is 0 Å². The van der Waals surface area contributed by atoms with Crippen LogP contribution in [0.15, 0.2) is 60.9 Å². The maximum atomic E-state index is 11.5. The number of anilines is 1. The predicted molar refractivity (Wildman–Crippen MR) is 117 cm³/mol. The molecule has 0 bridgehead atoms. The van der Waals surface area contributed by atoms with Gasteiger partial charge in [0.15, 0.2) is 0 Å². The van der Waals surface area contributed by atoms with Gasteiger partial charge in [-0.3, -0.25) is 14.9 Å². The average molecular weight is 415 g/mol. The quantitative estimate of drug-likeness (QED) is 0.506. The number of aromatic nitrogens is 2. The van der Waals surface area contributed by atoms with Crippen molar-refractivity contribution in [3.8, 4) is 0 Å². The largest absolute Gasteiger partial charge is 0.338 e. The summed E-state index contributed by atoms with van der Waals surface area (Å²) in [6.07, 6.45) is 5.03. The minimum absolute atomic E-state index is 0.233. The van der Waals surface area contributed by atoms with Crippen LogP contribution in [0.4, 0.5) is 5.95 Å². The molecule has 1 saturated heterocycles. The smallest absolute Gasteiger partial charge is 0.277 e. The molecular formula is C24H25N5O2. The minimum Gasteiger partial charge on any atom is -0.338 e. The van der Waals surface area contributed by atoms with Gasteiger partial charge in [0.05, 0.1) is 11.6 Å². The average Bonchev–Trinajstić information content (AvgIpc) is 3.01. The highest BCUT2D eigenvalue weighted by molar-refractivity contribution is 5.92. The summed E-state index contributed by atoms with van der Waals surface area (Å²) in [5.41, 5.74) is 7.54. The molecule has 1 amide bonds. The van der Waals surface area contributed by atoms with E-state index in [2.05, 4.69) is 68.3 Å². The number of rotatable bonds is 3. The molecule has 0 saturated carbocycles. The van der Waals surface area contributed by atoms with Crippen molar-refractivity contribution in [3.05, 3.63) is 88.7 Å². The van der Waals surface area contributed by atoms with Crippen molar-refractivity contribution in [3.63, 3.8) is 0 Å². The van der Waals surface area contributed by atoms with E-state index < -0.39 is 5.91 Å². The molecule has 1 fully saturated rings. The number of aryl methyl sites for hydroxylation is 2. The van der Waals surface area contributed by atoms with Gasteiger partial charge in [0.1, 0.15) is 0 Å². The highest BCUT2D eigenvalue weighted by Gasteiger charge is 2.31. The molecule has 158 valence electrons. The molecule has 2 heterocycles. The Morgan fingerprint density at radius 3 is 1.97 bits per heavy atom. The van der Waals surface area contributed by atoms with Gasteiger partial charge in [-0.15, -0.1) is 0 Å². The van der Waals surface area contributed by atoms with Gasteiger partial charge in [0.25, 0.3) is 5.91 Å². The summed E-state index contributed by atoms with van der Waals surface area (Å²) in [5.74, 6) is -0.00197. The molecule has 0 spiro atoms. The van der Waals surface area contributed by atoms with Crippen LogP contribution in [0.1, 0.15) is 38.7 Å². The lowest BCUT2D eigenvalue weighted by Gasteiger charge is -2.40. The normalized spacial score (nSPS) is 16.9. The Hall–Kier alpha value is -3.29. The molecule has 2 aromatic carbocycles. The van der Waals surface area contributed by atoms with Gasteiger partial charge in [0.2, 0.25) is 5.95 Å². The van der Waals surface area contributed by atoms with Crippen molar-refractivity contribution in [2.75, 3.05) is 31.1 Å². The first kappa shape index (κ1) is 19.7. The maximum absolute atomic E-state index is 11.5. The summed E-state index contributed by atoms with van der Waals surface area (Å²) < 4.78 is 0. The van der Waals surface area contributed by atoms with Crippen LogP contribution in [0, 0.1) is 0 Å². The molecule has 2 aliphatic rings. The van der Waals surface area contributed by atoms with Gasteiger partial charge in [-0.05, 0) is 35.1 Å². The lowest BCUT2D eigenvalue weighted by atomic mass is 9.93. The third kappa shape index (κ3) is 3.78. The first-order valence-corrected chi connectivity index (χ1v) is 10.7. The summed E-state index contributed by atoms with van der Waals surface area (Å²) in [5, 5.41) is 8.75. The lowest BCUT2D eigenvalue weighted by Crippen LogP contribution is -2.48. The summed E-state index contributed by atoms with van der Waals surface area (Å²) in [4.78, 5) is 24.8. The van der Waals surface area contributed by atoms with Crippen LogP contribution in [-0.2, 0) is 12.8 Å². The fraction of sp³-hybridized carbons (Fsp3) is 0.292. The van der Waals surface area contributed by atoms with E-state index in [9.17, 15) is 4.79 Å². The standard InChI is InChI=1S/C24H25N5O2/c30-23(27-31)19-15-25-24(26-16-19)29-13-11-28(12-14-29)22-20-7-3-1-5-17(20)9-10-18-6-2-4-8-21(18)22/h1-8,15-16,22,31H,9-14H2,(H,27,30). The Labute approximate surface area is 181 Å². The molecule has 0 unspecified atom stereocenters. The van der Waals surface area contributed by atoms with E-state index in [0.29, 0.717) is 5.95 Å². The van der Waals surface area contributed by atoms with Crippen LogP contribution in [0.2, 0.25) is 0 Å². The fourth-order valence-corrected chi connectivity index (χ4v) is 4.73. The second-order valence-electron chi connectivity index (χ2n) is 8.04. The van der Waals surface area contributed by atoms with Gasteiger partial charge in [-0.25, -0.2) is 15.4 Å².